The second-order valence-corrected chi connectivity index (χ2v) is 6.42. The number of hydrogen-bond acceptors (Lipinski definition) is 6. The molecule has 2 rings (SSSR count). The van der Waals surface area contributed by atoms with Crippen molar-refractivity contribution >= 4 is 28.8 Å². The highest BCUT2D eigenvalue weighted by atomic mass is 16.6. The minimum absolute atomic E-state index is 0.364. The van der Waals surface area contributed by atoms with Crippen molar-refractivity contribution in [2.24, 2.45) is 10.2 Å². The van der Waals surface area contributed by atoms with Crippen LogP contribution in [0.3, 0.4) is 0 Å². The molecule has 2 aromatic rings. The maximum Gasteiger partial charge on any atom is 0.414 e. The Morgan fingerprint density at radius 3 is 1.92 bits per heavy atom. The first kappa shape index (κ1) is 19.2. The van der Waals surface area contributed by atoms with Gasteiger partial charge in [-0.1, -0.05) is 0 Å². The van der Waals surface area contributed by atoms with Crippen molar-refractivity contribution in [3.63, 3.8) is 0 Å². The first-order chi connectivity index (χ1) is 12.3. The third-order valence-electron chi connectivity index (χ3n) is 3.66. The van der Waals surface area contributed by atoms with Crippen molar-refractivity contribution in [2.75, 3.05) is 52.1 Å². The van der Waals surface area contributed by atoms with E-state index in [-0.39, 0.29) is 0 Å². The Balaban J connectivity index is 2.30. The molecule has 0 aliphatic rings. The van der Waals surface area contributed by atoms with Crippen LogP contribution in [0, 0.1) is 0 Å². The summed E-state index contributed by atoms with van der Waals surface area (Å²) in [4.78, 5) is 17.2. The van der Waals surface area contributed by atoms with Crippen LogP contribution in [-0.4, -0.2) is 53.3 Å². The van der Waals surface area contributed by atoms with Crippen molar-refractivity contribution < 1.29 is 9.53 Å². The van der Waals surface area contributed by atoms with Crippen LogP contribution in [0.4, 0.5) is 27.5 Å². The van der Waals surface area contributed by atoms with Crippen molar-refractivity contribution in [3.8, 4) is 5.75 Å². The fraction of sp³-hybridized carbons (Fsp3) is 0.316. The summed E-state index contributed by atoms with van der Waals surface area (Å²) in [5.74, 6) is 0.364. The minimum Gasteiger partial charge on any atom is -0.408 e. The zero-order valence-electron chi connectivity index (χ0n) is 16.1. The number of amides is 1. The molecule has 0 fully saturated rings. The molecule has 2 aromatic carbocycles. The third-order valence-corrected chi connectivity index (χ3v) is 3.66. The van der Waals surface area contributed by atoms with Crippen LogP contribution in [0.25, 0.3) is 0 Å². The van der Waals surface area contributed by atoms with E-state index in [1.165, 1.54) is 4.90 Å². The van der Waals surface area contributed by atoms with Gasteiger partial charge in [-0.25, -0.2) is 4.79 Å². The Bertz CT molecular complexity index is 783. The van der Waals surface area contributed by atoms with Gasteiger partial charge >= 0.3 is 6.09 Å². The number of rotatable bonds is 5. The lowest BCUT2D eigenvalue weighted by molar-refractivity contribution is 0.172. The van der Waals surface area contributed by atoms with Crippen LogP contribution in [0.2, 0.25) is 0 Å². The molecular formula is C19H25N5O2. The van der Waals surface area contributed by atoms with Gasteiger partial charge in [-0.3, -0.25) is 0 Å². The number of nitrogens with zero attached hydrogens (tertiary/aromatic N) is 5. The Labute approximate surface area is 154 Å². The summed E-state index contributed by atoms with van der Waals surface area (Å²) >= 11 is 0. The zero-order valence-corrected chi connectivity index (χ0v) is 16.1. The van der Waals surface area contributed by atoms with Gasteiger partial charge in [0.2, 0.25) is 0 Å². The number of carbonyl (C=O) groups is 1. The zero-order chi connectivity index (χ0) is 19.3. The van der Waals surface area contributed by atoms with Gasteiger partial charge in [-0.2, -0.15) is 5.11 Å². The van der Waals surface area contributed by atoms with Gasteiger partial charge in [0, 0.05) is 59.7 Å². The summed E-state index contributed by atoms with van der Waals surface area (Å²) in [6, 6.07) is 13.2. The SMILES string of the molecule is CN(C)C(=O)Oc1cc(N(C)C)ccc1N=Nc1ccc(N(C)C)cc1. The second kappa shape index (κ2) is 8.33. The topological polar surface area (TPSA) is 60.7 Å². The molecule has 0 saturated carbocycles. The summed E-state index contributed by atoms with van der Waals surface area (Å²) in [6.07, 6.45) is -0.465. The van der Waals surface area contributed by atoms with E-state index in [9.17, 15) is 4.79 Å². The average Bonchev–Trinajstić information content (AvgIpc) is 2.60. The molecular weight excluding hydrogens is 330 g/mol. The fourth-order valence-corrected chi connectivity index (χ4v) is 2.06. The van der Waals surface area contributed by atoms with Gasteiger partial charge in [-0.15, -0.1) is 5.11 Å². The minimum atomic E-state index is -0.465. The summed E-state index contributed by atoms with van der Waals surface area (Å²) in [5.41, 5.74) is 3.19. The number of hydrogen-bond donors (Lipinski definition) is 0. The molecule has 0 unspecified atom stereocenters. The first-order valence-electron chi connectivity index (χ1n) is 8.17. The molecule has 0 bridgehead atoms. The number of anilines is 2. The quantitative estimate of drug-likeness (QED) is 0.751. The average molecular weight is 355 g/mol. The van der Waals surface area contributed by atoms with E-state index in [0.29, 0.717) is 11.4 Å². The molecule has 0 aliphatic carbocycles. The Kier molecular flexibility index (Phi) is 6.16. The van der Waals surface area contributed by atoms with Gasteiger partial charge < -0.3 is 19.4 Å². The predicted octanol–water partition coefficient (Wildman–Crippen LogP) is 4.29. The normalized spacial score (nSPS) is 10.7. The molecule has 0 radical (unpaired) electrons. The number of ether oxygens (including phenoxy) is 1. The van der Waals surface area contributed by atoms with Crippen molar-refractivity contribution in [3.05, 3.63) is 42.5 Å². The number of benzene rings is 2. The highest BCUT2D eigenvalue weighted by Crippen LogP contribution is 2.33. The third kappa shape index (κ3) is 4.95. The molecule has 7 nitrogen and oxygen atoms in total. The van der Waals surface area contributed by atoms with E-state index >= 15 is 0 Å². The maximum absolute atomic E-state index is 11.9. The van der Waals surface area contributed by atoms with Gasteiger partial charge in [0.05, 0.1) is 5.69 Å². The summed E-state index contributed by atoms with van der Waals surface area (Å²) in [7, 11) is 11.1. The molecule has 0 atom stereocenters. The highest BCUT2D eigenvalue weighted by molar-refractivity contribution is 5.74. The Hall–Kier alpha value is -3.09. The molecule has 0 spiro atoms. The van der Waals surface area contributed by atoms with Gasteiger partial charge in [0.25, 0.3) is 0 Å². The molecule has 0 saturated heterocycles. The largest absolute Gasteiger partial charge is 0.414 e. The lowest BCUT2D eigenvalue weighted by Crippen LogP contribution is -2.25. The molecule has 26 heavy (non-hydrogen) atoms. The van der Waals surface area contributed by atoms with Crippen LogP contribution < -0.4 is 14.5 Å². The highest BCUT2D eigenvalue weighted by Gasteiger charge is 2.12. The lowest BCUT2D eigenvalue weighted by Gasteiger charge is -2.16. The molecule has 0 N–H and O–H groups in total. The van der Waals surface area contributed by atoms with Crippen LogP contribution in [0.15, 0.2) is 52.7 Å². The van der Waals surface area contributed by atoms with E-state index < -0.39 is 6.09 Å². The van der Waals surface area contributed by atoms with Gasteiger partial charge in [-0.05, 0) is 36.4 Å². The Morgan fingerprint density at radius 2 is 1.38 bits per heavy atom. The monoisotopic (exact) mass is 355 g/mol. The van der Waals surface area contributed by atoms with Gasteiger partial charge in [0.1, 0.15) is 5.69 Å². The van der Waals surface area contributed by atoms with E-state index in [0.717, 1.165) is 17.1 Å². The molecule has 7 heteroatoms. The van der Waals surface area contributed by atoms with E-state index in [4.69, 9.17) is 4.74 Å². The van der Waals surface area contributed by atoms with Crippen LogP contribution in [0.5, 0.6) is 5.75 Å². The van der Waals surface area contributed by atoms with E-state index in [2.05, 4.69) is 10.2 Å². The standard InChI is InChI=1S/C19H25N5O2/c1-22(2)15-9-7-14(8-10-15)20-21-17-12-11-16(23(3)4)13-18(17)26-19(25)24(5)6/h7-13H,1-6H3. The number of carbonyl (C=O) groups excluding carboxylic acids is 1. The van der Waals surface area contributed by atoms with Crippen LogP contribution in [-0.2, 0) is 0 Å². The van der Waals surface area contributed by atoms with Crippen molar-refractivity contribution in [1.29, 1.82) is 0 Å². The molecule has 1 amide bonds. The number of azo groups is 1. The molecule has 0 heterocycles. The summed E-state index contributed by atoms with van der Waals surface area (Å²) in [5, 5.41) is 8.51. The second-order valence-electron chi connectivity index (χ2n) is 6.42. The van der Waals surface area contributed by atoms with E-state index in [1.54, 1.807) is 26.2 Å². The van der Waals surface area contributed by atoms with Crippen molar-refractivity contribution in [1.82, 2.24) is 4.90 Å². The Morgan fingerprint density at radius 1 is 0.808 bits per heavy atom. The smallest absolute Gasteiger partial charge is 0.408 e. The fourth-order valence-electron chi connectivity index (χ4n) is 2.06. The molecule has 0 aromatic heterocycles. The first-order valence-corrected chi connectivity index (χ1v) is 8.17. The van der Waals surface area contributed by atoms with Crippen molar-refractivity contribution in [2.45, 2.75) is 0 Å². The van der Waals surface area contributed by atoms with Crippen LogP contribution in [0.1, 0.15) is 0 Å². The summed E-state index contributed by atoms with van der Waals surface area (Å²) in [6.45, 7) is 0. The summed E-state index contributed by atoms with van der Waals surface area (Å²) < 4.78 is 5.44. The van der Waals surface area contributed by atoms with Crippen LogP contribution >= 0.6 is 0 Å². The lowest BCUT2D eigenvalue weighted by atomic mass is 10.2. The van der Waals surface area contributed by atoms with Gasteiger partial charge in [0.15, 0.2) is 5.75 Å². The van der Waals surface area contributed by atoms with E-state index in [1.807, 2.05) is 68.3 Å². The maximum atomic E-state index is 11.9. The predicted molar refractivity (Wildman–Crippen MR) is 105 cm³/mol. The molecule has 138 valence electrons. The molecule has 0 aliphatic heterocycles.